The Hall–Kier alpha value is -3.29. The summed E-state index contributed by atoms with van der Waals surface area (Å²) >= 11 is 0. The Kier molecular flexibility index (Phi) is 6.14. The van der Waals surface area contributed by atoms with Crippen molar-refractivity contribution in [3.63, 3.8) is 0 Å². The van der Waals surface area contributed by atoms with Gasteiger partial charge < -0.3 is 15.6 Å². The summed E-state index contributed by atoms with van der Waals surface area (Å²) in [4.78, 5) is 26.1. The SMILES string of the molecule is CC(C)(O)CONC(=O)c1c(N)nc(-c2cccc(C#N)c2)nc1O[C@H]1C[C@@H](F)C1. The third kappa shape index (κ3) is 5.20. The summed E-state index contributed by atoms with van der Waals surface area (Å²) in [6.07, 6.45) is -1.05. The van der Waals surface area contributed by atoms with Gasteiger partial charge in [-0.15, -0.1) is 0 Å². The molecule has 2 aromatic rings. The first kappa shape index (κ1) is 21.4. The predicted molar refractivity (Wildman–Crippen MR) is 105 cm³/mol. The number of nitriles is 1. The first-order valence-corrected chi connectivity index (χ1v) is 9.29. The Bertz CT molecular complexity index is 980. The maximum atomic E-state index is 13.2. The molecule has 0 spiro atoms. The quantitative estimate of drug-likeness (QED) is 0.582. The molecule has 1 aliphatic carbocycles. The van der Waals surface area contributed by atoms with E-state index >= 15 is 0 Å². The summed E-state index contributed by atoms with van der Waals surface area (Å²) in [7, 11) is 0. The zero-order chi connectivity index (χ0) is 21.9. The standard InChI is InChI=1S/C20H22FN5O4/c1-20(2,28)10-29-26-18(27)15-16(23)24-17(12-5-3-4-11(6-12)9-22)25-19(15)30-14-7-13(21)8-14/h3-6,13-14,28H,7-8,10H2,1-2H3,(H,26,27)(H2,23,24,25)/t13-,14+. The molecule has 3 rings (SSSR count). The fourth-order valence-corrected chi connectivity index (χ4v) is 2.70. The molecule has 1 aromatic carbocycles. The van der Waals surface area contributed by atoms with Crippen molar-refractivity contribution in [1.82, 2.24) is 15.4 Å². The van der Waals surface area contributed by atoms with Crippen LogP contribution in [0.4, 0.5) is 10.2 Å². The monoisotopic (exact) mass is 415 g/mol. The minimum absolute atomic E-state index is 0.110. The van der Waals surface area contributed by atoms with E-state index in [2.05, 4.69) is 15.4 Å². The van der Waals surface area contributed by atoms with Gasteiger partial charge in [-0.2, -0.15) is 10.2 Å². The van der Waals surface area contributed by atoms with Gasteiger partial charge in [-0.25, -0.2) is 14.9 Å². The Morgan fingerprint density at radius 2 is 2.17 bits per heavy atom. The Morgan fingerprint density at radius 3 is 2.80 bits per heavy atom. The van der Waals surface area contributed by atoms with Crippen LogP contribution < -0.4 is 16.0 Å². The number of hydroxylamine groups is 1. The number of aliphatic hydroxyl groups is 1. The van der Waals surface area contributed by atoms with E-state index in [0.717, 1.165) is 0 Å². The van der Waals surface area contributed by atoms with Crippen molar-refractivity contribution < 1.29 is 23.9 Å². The highest BCUT2D eigenvalue weighted by Crippen LogP contribution is 2.32. The summed E-state index contributed by atoms with van der Waals surface area (Å²) in [5.74, 6) is -0.885. The summed E-state index contributed by atoms with van der Waals surface area (Å²) in [5, 5.41) is 18.8. The van der Waals surface area contributed by atoms with Gasteiger partial charge in [0.2, 0.25) is 5.88 Å². The lowest BCUT2D eigenvalue weighted by molar-refractivity contribution is -0.0524. The molecule has 1 aromatic heterocycles. The highest BCUT2D eigenvalue weighted by molar-refractivity contribution is 6.00. The molecule has 0 saturated heterocycles. The minimum atomic E-state index is -1.16. The van der Waals surface area contributed by atoms with E-state index in [9.17, 15) is 14.3 Å². The topological polar surface area (TPSA) is 143 Å². The summed E-state index contributed by atoms with van der Waals surface area (Å²) < 4.78 is 18.9. The molecule has 0 bridgehead atoms. The molecule has 1 heterocycles. The Balaban J connectivity index is 1.92. The normalized spacial score (nSPS) is 18.2. The van der Waals surface area contributed by atoms with Crippen molar-refractivity contribution >= 4 is 11.7 Å². The molecule has 0 radical (unpaired) electrons. The number of nitrogens with zero attached hydrogens (tertiary/aromatic N) is 3. The molecular weight excluding hydrogens is 393 g/mol. The lowest BCUT2D eigenvalue weighted by Gasteiger charge is -2.30. The van der Waals surface area contributed by atoms with Crippen molar-refractivity contribution in [3.8, 4) is 23.3 Å². The molecule has 9 nitrogen and oxygen atoms in total. The van der Waals surface area contributed by atoms with Crippen LogP contribution in [0, 0.1) is 11.3 Å². The second-order valence-electron chi connectivity index (χ2n) is 7.65. The van der Waals surface area contributed by atoms with Gasteiger partial charge in [0.05, 0.1) is 17.2 Å². The zero-order valence-corrected chi connectivity index (χ0v) is 16.6. The van der Waals surface area contributed by atoms with E-state index in [1.165, 1.54) is 13.8 Å². The number of hydrogen-bond acceptors (Lipinski definition) is 8. The van der Waals surface area contributed by atoms with E-state index < -0.39 is 23.8 Å². The summed E-state index contributed by atoms with van der Waals surface area (Å²) in [6.45, 7) is 2.86. The maximum absolute atomic E-state index is 13.2. The number of halogens is 1. The molecule has 1 amide bonds. The van der Waals surface area contributed by atoms with Crippen LogP contribution in [-0.4, -0.2) is 45.5 Å². The summed E-state index contributed by atoms with van der Waals surface area (Å²) in [6, 6.07) is 8.58. The van der Waals surface area contributed by atoms with Crippen molar-refractivity contribution in [2.45, 2.75) is 44.6 Å². The number of anilines is 1. The van der Waals surface area contributed by atoms with Crippen LogP contribution in [-0.2, 0) is 4.84 Å². The maximum Gasteiger partial charge on any atom is 0.284 e. The molecule has 0 atom stereocenters. The third-order valence-corrected chi connectivity index (χ3v) is 4.29. The van der Waals surface area contributed by atoms with E-state index in [-0.39, 0.29) is 42.5 Å². The number of ether oxygens (including phenoxy) is 1. The lowest BCUT2D eigenvalue weighted by atomic mass is 9.94. The number of nitrogens with one attached hydrogen (secondary N) is 1. The first-order valence-electron chi connectivity index (χ1n) is 9.29. The first-order chi connectivity index (χ1) is 14.2. The average molecular weight is 415 g/mol. The van der Waals surface area contributed by atoms with Gasteiger partial charge in [0, 0.05) is 18.4 Å². The number of nitrogen functional groups attached to an aromatic ring is 1. The molecule has 0 unspecified atom stereocenters. The third-order valence-electron chi connectivity index (χ3n) is 4.29. The van der Waals surface area contributed by atoms with E-state index in [1.54, 1.807) is 24.3 Å². The number of alkyl halides is 1. The molecule has 158 valence electrons. The van der Waals surface area contributed by atoms with Crippen molar-refractivity contribution in [1.29, 1.82) is 5.26 Å². The van der Waals surface area contributed by atoms with Crippen LogP contribution in [0.1, 0.15) is 42.6 Å². The smallest absolute Gasteiger partial charge is 0.284 e. The number of nitrogens with two attached hydrogens (primary N) is 1. The molecule has 30 heavy (non-hydrogen) atoms. The van der Waals surface area contributed by atoms with Crippen molar-refractivity contribution in [2.24, 2.45) is 0 Å². The Labute approximate surface area is 172 Å². The number of benzene rings is 1. The van der Waals surface area contributed by atoms with Gasteiger partial charge in [0.15, 0.2) is 5.82 Å². The number of hydrogen-bond donors (Lipinski definition) is 3. The van der Waals surface area contributed by atoms with Gasteiger partial charge in [0.1, 0.15) is 30.3 Å². The van der Waals surface area contributed by atoms with Crippen LogP contribution in [0.3, 0.4) is 0 Å². The molecule has 1 saturated carbocycles. The van der Waals surface area contributed by atoms with Crippen LogP contribution in [0.25, 0.3) is 11.4 Å². The van der Waals surface area contributed by atoms with Crippen LogP contribution in [0.2, 0.25) is 0 Å². The predicted octanol–water partition coefficient (Wildman–Crippen LogP) is 1.91. The van der Waals surface area contributed by atoms with Crippen LogP contribution in [0.5, 0.6) is 5.88 Å². The van der Waals surface area contributed by atoms with Gasteiger partial charge >= 0.3 is 0 Å². The van der Waals surface area contributed by atoms with Crippen LogP contribution in [0.15, 0.2) is 24.3 Å². The van der Waals surface area contributed by atoms with E-state index in [0.29, 0.717) is 11.1 Å². The van der Waals surface area contributed by atoms with E-state index in [4.69, 9.17) is 20.6 Å². The minimum Gasteiger partial charge on any atom is -0.473 e. The van der Waals surface area contributed by atoms with Crippen LogP contribution >= 0.6 is 0 Å². The van der Waals surface area contributed by atoms with E-state index in [1.807, 2.05) is 6.07 Å². The van der Waals surface area contributed by atoms with Gasteiger partial charge in [0.25, 0.3) is 5.91 Å². The van der Waals surface area contributed by atoms with Crippen molar-refractivity contribution in [2.75, 3.05) is 12.3 Å². The number of carbonyl (C=O) groups excluding carboxylic acids is 1. The largest absolute Gasteiger partial charge is 0.473 e. The highest BCUT2D eigenvalue weighted by atomic mass is 19.1. The number of carbonyl (C=O) groups is 1. The highest BCUT2D eigenvalue weighted by Gasteiger charge is 2.33. The fourth-order valence-electron chi connectivity index (χ4n) is 2.70. The fraction of sp³-hybridized carbons (Fsp3) is 0.400. The molecular formula is C20H22FN5O4. The second-order valence-corrected chi connectivity index (χ2v) is 7.65. The number of aromatic nitrogens is 2. The van der Waals surface area contributed by atoms with Gasteiger partial charge in [-0.1, -0.05) is 12.1 Å². The molecule has 4 N–H and O–H groups in total. The van der Waals surface area contributed by atoms with Crippen molar-refractivity contribution in [3.05, 3.63) is 35.4 Å². The second kappa shape index (κ2) is 8.61. The molecule has 10 heteroatoms. The zero-order valence-electron chi connectivity index (χ0n) is 16.6. The van der Waals surface area contributed by atoms with Gasteiger partial charge in [-0.05, 0) is 26.0 Å². The molecule has 1 aliphatic rings. The molecule has 1 fully saturated rings. The van der Waals surface area contributed by atoms with Gasteiger partial charge in [-0.3, -0.25) is 9.63 Å². The average Bonchev–Trinajstić information content (AvgIpc) is 2.65. The Morgan fingerprint density at radius 1 is 1.43 bits per heavy atom. The number of amides is 1. The number of rotatable bonds is 7. The summed E-state index contributed by atoms with van der Waals surface area (Å²) in [5.41, 5.74) is 7.78. The lowest BCUT2D eigenvalue weighted by Crippen LogP contribution is -2.37. The molecule has 0 aliphatic heterocycles.